The average Bonchev–Trinajstić information content (AvgIpc) is 2.98. The Hall–Kier alpha value is -0.910. The Morgan fingerprint density at radius 1 is 1.24 bits per heavy atom. The first kappa shape index (κ1) is 16.5. The molecule has 1 aromatic rings. The first-order chi connectivity index (χ1) is 9.96. The maximum absolute atomic E-state index is 12.3. The Morgan fingerprint density at radius 3 is 2.48 bits per heavy atom. The van der Waals surface area contributed by atoms with Crippen LogP contribution < -0.4 is 5.73 Å². The Morgan fingerprint density at radius 2 is 1.90 bits per heavy atom. The number of likely N-dealkylation sites (tertiary alicyclic amines) is 1. The second-order valence-corrected chi connectivity index (χ2v) is 8.51. The zero-order valence-corrected chi connectivity index (χ0v) is 13.8. The predicted octanol–water partition coefficient (Wildman–Crippen LogP) is 2.35. The van der Waals surface area contributed by atoms with Crippen molar-refractivity contribution in [2.75, 3.05) is 19.6 Å². The van der Waals surface area contributed by atoms with Crippen molar-refractivity contribution in [3.05, 3.63) is 29.8 Å². The molecule has 1 atom stereocenters. The van der Waals surface area contributed by atoms with Gasteiger partial charge in [-0.2, -0.15) is 0 Å². The molecule has 0 saturated carbocycles. The summed E-state index contributed by atoms with van der Waals surface area (Å²) in [7, 11) is -3.22. The van der Waals surface area contributed by atoms with E-state index in [0.717, 1.165) is 25.1 Å². The molecule has 1 unspecified atom stereocenters. The highest BCUT2D eigenvalue weighted by molar-refractivity contribution is 7.92. The van der Waals surface area contributed by atoms with Crippen LogP contribution in [0.3, 0.4) is 0 Å². The molecule has 0 bridgehead atoms. The summed E-state index contributed by atoms with van der Waals surface area (Å²) in [5.41, 5.74) is 6.83. The van der Waals surface area contributed by atoms with E-state index in [1.54, 1.807) is 19.9 Å². The van der Waals surface area contributed by atoms with E-state index in [4.69, 9.17) is 5.73 Å². The Kier molecular flexibility index (Phi) is 5.41. The molecular formula is C16H26N2O2S. The van der Waals surface area contributed by atoms with Gasteiger partial charge in [0.1, 0.15) is 0 Å². The van der Waals surface area contributed by atoms with E-state index in [1.165, 1.54) is 12.8 Å². The van der Waals surface area contributed by atoms with Gasteiger partial charge in [-0.25, -0.2) is 8.42 Å². The van der Waals surface area contributed by atoms with Crippen molar-refractivity contribution in [2.24, 2.45) is 5.73 Å². The quantitative estimate of drug-likeness (QED) is 0.876. The Balaban J connectivity index is 2.33. The predicted molar refractivity (Wildman–Crippen MR) is 86.0 cm³/mol. The van der Waals surface area contributed by atoms with Crippen LogP contribution in [0.25, 0.3) is 0 Å². The van der Waals surface area contributed by atoms with E-state index in [0.29, 0.717) is 11.4 Å². The molecule has 5 heteroatoms. The molecule has 0 aliphatic carbocycles. The van der Waals surface area contributed by atoms with Gasteiger partial charge in [-0.05, 0) is 70.4 Å². The highest BCUT2D eigenvalue weighted by Gasteiger charge is 2.25. The van der Waals surface area contributed by atoms with Gasteiger partial charge in [0, 0.05) is 6.04 Å². The normalized spacial score (nSPS) is 18.3. The molecule has 0 aromatic heterocycles. The summed E-state index contributed by atoms with van der Waals surface area (Å²) in [6.45, 7) is 6.21. The monoisotopic (exact) mass is 310 g/mol. The van der Waals surface area contributed by atoms with E-state index in [1.807, 2.05) is 18.2 Å². The third-order valence-electron chi connectivity index (χ3n) is 4.21. The van der Waals surface area contributed by atoms with Crippen LogP contribution in [-0.2, 0) is 9.84 Å². The fourth-order valence-electron chi connectivity index (χ4n) is 2.94. The smallest absolute Gasteiger partial charge is 0.180 e. The molecule has 1 saturated heterocycles. The van der Waals surface area contributed by atoms with Crippen LogP contribution in [0, 0.1) is 0 Å². The van der Waals surface area contributed by atoms with Crippen LogP contribution in [0.4, 0.5) is 0 Å². The molecule has 2 rings (SSSR count). The molecule has 1 aromatic carbocycles. The zero-order chi connectivity index (χ0) is 15.5. The average molecular weight is 310 g/mol. The van der Waals surface area contributed by atoms with E-state index in [9.17, 15) is 8.42 Å². The number of hydrogen-bond donors (Lipinski definition) is 1. The first-order valence-corrected chi connectivity index (χ1v) is 9.29. The highest BCUT2D eigenvalue weighted by atomic mass is 32.2. The fourth-order valence-corrected chi connectivity index (χ4v) is 4.06. The Labute approximate surface area is 128 Å². The SMILES string of the molecule is CC(C)S(=O)(=O)c1cccc(C(CCN)N2CCCC2)c1. The minimum Gasteiger partial charge on any atom is -0.330 e. The van der Waals surface area contributed by atoms with Gasteiger partial charge < -0.3 is 5.73 Å². The molecular weight excluding hydrogens is 284 g/mol. The van der Waals surface area contributed by atoms with Crippen molar-refractivity contribution in [3.8, 4) is 0 Å². The van der Waals surface area contributed by atoms with Crippen LogP contribution in [0.1, 0.15) is 44.7 Å². The second-order valence-electron chi connectivity index (χ2n) is 6.00. The van der Waals surface area contributed by atoms with Crippen molar-refractivity contribution in [1.29, 1.82) is 0 Å². The lowest BCUT2D eigenvalue weighted by Crippen LogP contribution is -2.28. The van der Waals surface area contributed by atoms with Gasteiger partial charge in [-0.15, -0.1) is 0 Å². The topological polar surface area (TPSA) is 63.4 Å². The summed E-state index contributed by atoms with van der Waals surface area (Å²) < 4.78 is 24.7. The molecule has 4 nitrogen and oxygen atoms in total. The molecule has 0 amide bonds. The van der Waals surface area contributed by atoms with E-state index >= 15 is 0 Å². The lowest BCUT2D eigenvalue weighted by molar-refractivity contribution is 0.235. The minimum atomic E-state index is -3.22. The number of rotatable bonds is 6. The van der Waals surface area contributed by atoms with Crippen molar-refractivity contribution >= 4 is 9.84 Å². The van der Waals surface area contributed by atoms with Gasteiger partial charge in [-0.3, -0.25) is 4.90 Å². The maximum Gasteiger partial charge on any atom is 0.180 e. The minimum absolute atomic E-state index is 0.236. The molecule has 21 heavy (non-hydrogen) atoms. The molecule has 2 N–H and O–H groups in total. The van der Waals surface area contributed by atoms with E-state index in [2.05, 4.69) is 4.90 Å². The number of sulfone groups is 1. The molecule has 0 radical (unpaired) electrons. The van der Waals surface area contributed by atoms with E-state index < -0.39 is 15.1 Å². The summed E-state index contributed by atoms with van der Waals surface area (Å²) in [5.74, 6) is 0. The standard InChI is InChI=1S/C16H26N2O2S/c1-13(2)21(19,20)15-7-5-6-14(12-15)16(8-9-17)18-10-3-4-11-18/h5-7,12-13,16H,3-4,8-11,17H2,1-2H3. The van der Waals surface area contributed by atoms with Gasteiger partial charge in [0.25, 0.3) is 0 Å². The molecule has 118 valence electrons. The number of nitrogens with two attached hydrogens (primary N) is 1. The van der Waals surface area contributed by atoms with Gasteiger partial charge >= 0.3 is 0 Å². The van der Waals surface area contributed by atoms with Crippen molar-refractivity contribution in [1.82, 2.24) is 4.90 Å². The summed E-state index contributed by atoms with van der Waals surface area (Å²) in [6, 6.07) is 7.65. The molecule has 1 fully saturated rings. The van der Waals surface area contributed by atoms with Gasteiger partial charge in [0.05, 0.1) is 10.1 Å². The third-order valence-corrected chi connectivity index (χ3v) is 6.37. The molecule has 1 aliphatic rings. The molecule has 1 aliphatic heterocycles. The summed E-state index contributed by atoms with van der Waals surface area (Å²) in [5, 5.41) is -0.396. The van der Waals surface area contributed by atoms with Gasteiger partial charge in [0.2, 0.25) is 0 Å². The van der Waals surface area contributed by atoms with Gasteiger partial charge in [-0.1, -0.05) is 12.1 Å². The van der Waals surface area contributed by atoms with Crippen LogP contribution in [-0.4, -0.2) is 38.2 Å². The summed E-state index contributed by atoms with van der Waals surface area (Å²) in [4.78, 5) is 2.85. The number of benzene rings is 1. The zero-order valence-electron chi connectivity index (χ0n) is 13.0. The van der Waals surface area contributed by atoms with Crippen LogP contribution in [0.2, 0.25) is 0 Å². The van der Waals surface area contributed by atoms with Crippen molar-refractivity contribution < 1.29 is 8.42 Å². The van der Waals surface area contributed by atoms with Crippen LogP contribution in [0.15, 0.2) is 29.2 Å². The second kappa shape index (κ2) is 6.90. The van der Waals surface area contributed by atoms with E-state index in [-0.39, 0.29) is 6.04 Å². The van der Waals surface area contributed by atoms with Crippen LogP contribution >= 0.6 is 0 Å². The maximum atomic E-state index is 12.3. The summed E-state index contributed by atoms with van der Waals surface area (Å²) in [6.07, 6.45) is 3.29. The lowest BCUT2D eigenvalue weighted by Gasteiger charge is -2.28. The van der Waals surface area contributed by atoms with Crippen LogP contribution in [0.5, 0.6) is 0 Å². The molecule has 1 heterocycles. The van der Waals surface area contributed by atoms with Crippen molar-refractivity contribution in [3.63, 3.8) is 0 Å². The number of nitrogens with zero attached hydrogens (tertiary/aromatic N) is 1. The number of hydrogen-bond acceptors (Lipinski definition) is 4. The first-order valence-electron chi connectivity index (χ1n) is 7.75. The molecule has 0 spiro atoms. The fraction of sp³-hybridized carbons (Fsp3) is 0.625. The lowest BCUT2D eigenvalue weighted by atomic mass is 10.0. The largest absolute Gasteiger partial charge is 0.330 e. The Bertz CT molecular complexity index is 563. The third kappa shape index (κ3) is 3.65. The highest BCUT2D eigenvalue weighted by Crippen LogP contribution is 2.29. The van der Waals surface area contributed by atoms with Gasteiger partial charge in [0.15, 0.2) is 9.84 Å². The van der Waals surface area contributed by atoms with Crippen molar-refractivity contribution in [2.45, 2.75) is 49.3 Å². The summed E-state index contributed by atoms with van der Waals surface area (Å²) >= 11 is 0.